The van der Waals surface area contributed by atoms with E-state index in [0.717, 1.165) is 4.31 Å². The highest BCUT2D eigenvalue weighted by atomic mass is 35.5. The minimum Gasteiger partial charge on any atom is -0.465 e. The number of hydrogen-bond acceptors (Lipinski definition) is 6. The molecule has 0 aliphatic carbocycles. The summed E-state index contributed by atoms with van der Waals surface area (Å²) in [6, 6.07) is 5.45. The second-order valence-corrected chi connectivity index (χ2v) is 8.82. The van der Waals surface area contributed by atoms with Crippen LogP contribution in [-0.4, -0.2) is 57.8 Å². The number of carbonyl (C=O) groups excluding carboxylic acids is 2. The Bertz CT molecular complexity index is 1010. The molecule has 0 unspecified atom stereocenters. The number of carbonyl (C=O) groups is 2. The van der Waals surface area contributed by atoms with Gasteiger partial charge < -0.3 is 14.1 Å². The lowest BCUT2D eigenvalue weighted by molar-refractivity contribution is 0.0598. The summed E-state index contributed by atoms with van der Waals surface area (Å²) in [6.45, 7) is 1.67. The van der Waals surface area contributed by atoms with Crippen molar-refractivity contribution in [3.8, 4) is 0 Å². The van der Waals surface area contributed by atoms with Crippen LogP contribution in [0.3, 0.4) is 0 Å². The van der Waals surface area contributed by atoms with Gasteiger partial charge in [0.1, 0.15) is 17.1 Å². The zero-order valence-corrected chi connectivity index (χ0v) is 17.7. The molecule has 0 bridgehead atoms. The topological polar surface area (TPSA) is 97.1 Å². The fourth-order valence-electron chi connectivity index (χ4n) is 2.48. The van der Waals surface area contributed by atoms with E-state index >= 15 is 0 Å². The third-order valence-electron chi connectivity index (χ3n) is 4.06. The molecule has 0 N–H and O–H groups in total. The van der Waals surface area contributed by atoms with E-state index in [1.165, 1.54) is 57.4 Å². The predicted octanol–water partition coefficient (Wildman–Crippen LogP) is 2.55. The molecule has 1 aromatic carbocycles. The summed E-state index contributed by atoms with van der Waals surface area (Å²) in [6.07, 6.45) is 0. The van der Waals surface area contributed by atoms with Crippen molar-refractivity contribution in [3.05, 3.63) is 51.9 Å². The number of ether oxygens (including phenoxy) is 1. The summed E-state index contributed by atoms with van der Waals surface area (Å²) < 4.78 is 35.8. The molecule has 10 heteroatoms. The van der Waals surface area contributed by atoms with Crippen LogP contribution in [0.2, 0.25) is 5.02 Å². The van der Waals surface area contributed by atoms with E-state index in [0.29, 0.717) is 11.5 Å². The number of esters is 1. The minimum absolute atomic E-state index is 0.0412. The first-order chi connectivity index (χ1) is 13.0. The first-order valence-electron chi connectivity index (χ1n) is 8.14. The molecule has 0 aliphatic heterocycles. The second kappa shape index (κ2) is 8.34. The third kappa shape index (κ3) is 4.37. The summed E-state index contributed by atoms with van der Waals surface area (Å²) in [4.78, 5) is 25.8. The lowest BCUT2D eigenvalue weighted by Gasteiger charge is -2.18. The van der Waals surface area contributed by atoms with Crippen LogP contribution >= 0.6 is 11.6 Å². The first-order valence-corrected chi connectivity index (χ1v) is 9.96. The SMILES string of the molecule is COC(=O)c1cc(CN(C)C(=O)c2cc(S(=O)(=O)N(C)C)ccc2Cl)oc1C. The summed E-state index contributed by atoms with van der Waals surface area (Å²) >= 11 is 6.12. The molecule has 1 amide bonds. The Hall–Kier alpha value is -2.36. The Morgan fingerprint density at radius 1 is 1.14 bits per heavy atom. The van der Waals surface area contributed by atoms with Gasteiger partial charge in [0, 0.05) is 21.1 Å². The molecule has 0 radical (unpaired) electrons. The average molecular weight is 429 g/mol. The number of hydrogen-bond donors (Lipinski definition) is 0. The molecule has 0 spiro atoms. The van der Waals surface area contributed by atoms with Crippen LogP contribution in [0.1, 0.15) is 32.2 Å². The van der Waals surface area contributed by atoms with Crippen molar-refractivity contribution in [2.45, 2.75) is 18.4 Å². The number of benzene rings is 1. The highest BCUT2D eigenvalue weighted by Gasteiger charge is 2.23. The molecule has 2 aromatic rings. The maximum atomic E-state index is 12.8. The zero-order valence-electron chi connectivity index (χ0n) is 16.1. The maximum Gasteiger partial charge on any atom is 0.341 e. The molecular weight excluding hydrogens is 408 g/mol. The number of sulfonamides is 1. The first kappa shape index (κ1) is 21.9. The van der Waals surface area contributed by atoms with Gasteiger partial charge in [0.2, 0.25) is 10.0 Å². The molecule has 28 heavy (non-hydrogen) atoms. The summed E-state index contributed by atoms with van der Waals surface area (Å²) in [5.74, 6) is -0.276. The van der Waals surface area contributed by atoms with Gasteiger partial charge in [-0.25, -0.2) is 17.5 Å². The van der Waals surface area contributed by atoms with Crippen molar-refractivity contribution in [3.63, 3.8) is 0 Å². The smallest absolute Gasteiger partial charge is 0.341 e. The van der Waals surface area contributed by atoms with Crippen LogP contribution in [0.15, 0.2) is 33.6 Å². The van der Waals surface area contributed by atoms with Gasteiger partial charge in [-0.1, -0.05) is 11.6 Å². The van der Waals surface area contributed by atoms with E-state index in [-0.39, 0.29) is 27.6 Å². The van der Waals surface area contributed by atoms with Gasteiger partial charge in [0.05, 0.1) is 29.1 Å². The van der Waals surface area contributed by atoms with Crippen molar-refractivity contribution in [2.75, 3.05) is 28.3 Å². The molecular formula is C18H21ClN2O6S. The van der Waals surface area contributed by atoms with E-state index in [1.807, 2.05) is 0 Å². The van der Waals surface area contributed by atoms with Gasteiger partial charge in [-0.2, -0.15) is 0 Å². The molecule has 1 aromatic heterocycles. The Morgan fingerprint density at radius 2 is 1.79 bits per heavy atom. The van der Waals surface area contributed by atoms with Crippen molar-refractivity contribution >= 4 is 33.5 Å². The van der Waals surface area contributed by atoms with Crippen LogP contribution in [0.4, 0.5) is 0 Å². The van der Waals surface area contributed by atoms with Crippen LogP contribution in [0.25, 0.3) is 0 Å². The van der Waals surface area contributed by atoms with Crippen molar-refractivity contribution in [1.29, 1.82) is 0 Å². The standard InChI is InChI=1S/C18H21ClN2O6S/c1-11-14(18(23)26-5)8-12(27-11)10-21(4)17(22)15-9-13(6-7-16(15)19)28(24,25)20(2)3/h6-9H,10H2,1-5H3. The largest absolute Gasteiger partial charge is 0.465 e. The van der Waals surface area contributed by atoms with E-state index in [4.69, 9.17) is 16.0 Å². The normalized spacial score (nSPS) is 11.5. The van der Waals surface area contributed by atoms with Gasteiger partial charge >= 0.3 is 5.97 Å². The van der Waals surface area contributed by atoms with Crippen LogP contribution in [0.5, 0.6) is 0 Å². The number of methoxy groups -OCH3 is 1. The second-order valence-electron chi connectivity index (χ2n) is 6.26. The van der Waals surface area contributed by atoms with Gasteiger partial charge in [-0.15, -0.1) is 0 Å². The molecule has 0 saturated heterocycles. The predicted molar refractivity (Wildman–Crippen MR) is 103 cm³/mol. The quantitative estimate of drug-likeness (QED) is 0.656. The lowest BCUT2D eigenvalue weighted by atomic mass is 10.2. The number of halogens is 1. The van der Waals surface area contributed by atoms with Gasteiger partial charge in [-0.3, -0.25) is 4.79 Å². The molecule has 2 rings (SSSR count). The summed E-state index contributed by atoms with van der Waals surface area (Å²) in [5, 5.41) is 0.125. The van der Waals surface area contributed by atoms with E-state index in [2.05, 4.69) is 4.74 Å². The van der Waals surface area contributed by atoms with E-state index < -0.39 is 21.9 Å². The van der Waals surface area contributed by atoms with Crippen LogP contribution in [0, 0.1) is 6.92 Å². The molecule has 1 heterocycles. The van der Waals surface area contributed by atoms with Gasteiger partial charge in [0.15, 0.2) is 0 Å². The lowest BCUT2D eigenvalue weighted by Crippen LogP contribution is -2.27. The molecule has 0 saturated carbocycles. The maximum absolute atomic E-state index is 12.8. The van der Waals surface area contributed by atoms with E-state index in [9.17, 15) is 18.0 Å². The molecule has 0 fully saturated rings. The molecule has 8 nitrogen and oxygen atoms in total. The minimum atomic E-state index is -3.71. The fourth-order valence-corrected chi connectivity index (χ4v) is 3.61. The molecule has 0 aliphatic rings. The van der Waals surface area contributed by atoms with Crippen molar-refractivity contribution < 1.29 is 27.2 Å². The van der Waals surface area contributed by atoms with Crippen molar-refractivity contribution in [1.82, 2.24) is 9.21 Å². The Balaban J connectivity index is 2.30. The highest BCUT2D eigenvalue weighted by Crippen LogP contribution is 2.24. The van der Waals surface area contributed by atoms with Crippen LogP contribution in [-0.2, 0) is 21.3 Å². The fraction of sp³-hybridized carbons (Fsp3) is 0.333. The molecule has 152 valence electrons. The Morgan fingerprint density at radius 3 is 2.36 bits per heavy atom. The number of nitrogens with zero attached hydrogens (tertiary/aromatic N) is 2. The van der Waals surface area contributed by atoms with Crippen LogP contribution < -0.4 is 0 Å². The number of aryl methyl sites for hydroxylation is 1. The van der Waals surface area contributed by atoms with Crippen molar-refractivity contribution in [2.24, 2.45) is 0 Å². The number of furan rings is 1. The van der Waals surface area contributed by atoms with Gasteiger partial charge in [0.25, 0.3) is 5.91 Å². The van der Waals surface area contributed by atoms with E-state index in [1.54, 1.807) is 6.92 Å². The van der Waals surface area contributed by atoms with Gasteiger partial charge in [-0.05, 0) is 31.2 Å². The zero-order chi connectivity index (χ0) is 21.2. The number of amides is 1. The summed E-state index contributed by atoms with van der Waals surface area (Å²) in [7, 11) is 1.86. The number of rotatable bonds is 6. The molecule has 0 atom stereocenters. The Labute approximate surface area is 168 Å². The third-order valence-corrected chi connectivity index (χ3v) is 6.20. The monoisotopic (exact) mass is 428 g/mol. The Kier molecular flexibility index (Phi) is 6.53. The summed E-state index contributed by atoms with van der Waals surface area (Å²) in [5.41, 5.74) is 0.319. The average Bonchev–Trinajstić information content (AvgIpc) is 3.00. The highest BCUT2D eigenvalue weighted by molar-refractivity contribution is 7.89.